The number of anilines is 8. The second-order valence-electron chi connectivity index (χ2n) is 23.4. The molecule has 7 aromatic carbocycles. The Kier molecular flexibility index (Phi) is 8.65. The van der Waals surface area contributed by atoms with Gasteiger partial charge in [0.25, 0.3) is 6.71 Å². The van der Waals surface area contributed by atoms with Crippen LogP contribution in [-0.2, 0) is 21.7 Å². The van der Waals surface area contributed by atoms with Gasteiger partial charge in [-0.1, -0.05) is 160 Å². The second-order valence-corrected chi connectivity index (χ2v) is 23.4. The van der Waals surface area contributed by atoms with Crippen molar-refractivity contribution < 1.29 is 0 Å². The molecular weight excluding hydrogens is 798 g/mol. The van der Waals surface area contributed by atoms with Crippen molar-refractivity contribution in [3.8, 4) is 11.1 Å². The zero-order valence-corrected chi connectivity index (χ0v) is 41.0. The number of nitrogens with zero attached hydrogens (tertiary/aromatic N) is 3. The fourth-order valence-corrected chi connectivity index (χ4v) is 13.4. The molecule has 0 radical (unpaired) electrons. The summed E-state index contributed by atoms with van der Waals surface area (Å²) in [4.78, 5) is 8.07. The Morgan fingerprint density at radius 1 is 0.485 bits per heavy atom. The highest BCUT2D eigenvalue weighted by molar-refractivity contribution is 7.00. The summed E-state index contributed by atoms with van der Waals surface area (Å²) in [6.45, 7) is 26.3. The van der Waals surface area contributed by atoms with Gasteiger partial charge in [0.05, 0.1) is 11.2 Å². The van der Waals surface area contributed by atoms with Crippen LogP contribution in [0.25, 0.3) is 11.1 Å². The van der Waals surface area contributed by atoms with E-state index in [-0.39, 0.29) is 33.9 Å². The molecule has 0 saturated heterocycles. The Morgan fingerprint density at radius 3 is 1.85 bits per heavy atom. The molecule has 330 valence electrons. The molecule has 0 aromatic heterocycles. The van der Waals surface area contributed by atoms with E-state index in [9.17, 15) is 0 Å². The number of aryl methyl sites for hydroxylation is 1. The second kappa shape index (κ2) is 13.8. The zero-order valence-electron chi connectivity index (χ0n) is 41.0. The quantitative estimate of drug-likeness (QED) is 0.164. The molecule has 2 unspecified atom stereocenters. The molecule has 2 atom stereocenters. The minimum absolute atomic E-state index is 0.00361. The molecule has 5 aliphatic rings. The number of hydrogen-bond donors (Lipinski definition) is 0. The van der Waals surface area contributed by atoms with Crippen LogP contribution in [0.5, 0.6) is 0 Å². The Bertz CT molecular complexity index is 3180. The van der Waals surface area contributed by atoms with Gasteiger partial charge < -0.3 is 14.7 Å². The van der Waals surface area contributed by atoms with Gasteiger partial charge in [-0.15, -0.1) is 0 Å². The minimum Gasteiger partial charge on any atom is -0.334 e. The average Bonchev–Trinajstić information content (AvgIpc) is 3.65. The van der Waals surface area contributed by atoms with E-state index in [0.29, 0.717) is 0 Å². The standard InChI is InChI=1S/C62H64BN3/c1-39-34-54-57-55(35-39)65(51-27-19-25-47-56(51)44-22-12-13-23-45(44)60(47,8)9)53-38-43(66-50-26-15-14-24-46(50)61(10)32-16-17-33-62(61,66)11)29-31-49(53)63(57)48-30-28-41(59(5,6)7)37-52(48)64(54)42-21-18-20-40(36-42)58(2,3)4/h12-15,18-31,34-38H,16-17,32-33H2,1-11H3. The van der Waals surface area contributed by atoms with E-state index >= 15 is 0 Å². The summed E-state index contributed by atoms with van der Waals surface area (Å²) in [6, 6.07) is 54.9. The maximum atomic E-state index is 2.76. The van der Waals surface area contributed by atoms with Crippen molar-refractivity contribution in [1.82, 2.24) is 0 Å². The van der Waals surface area contributed by atoms with Crippen LogP contribution in [0.4, 0.5) is 45.5 Å². The molecule has 7 aromatic rings. The maximum Gasteiger partial charge on any atom is 0.252 e. The van der Waals surface area contributed by atoms with E-state index in [2.05, 4.69) is 230 Å². The molecule has 12 rings (SSSR count). The van der Waals surface area contributed by atoms with Crippen LogP contribution in [0.15, 0.2) is 140 Å². The first-order chi connectivity index (χ1) is 31.4. The molecule has 66 heavy (non-hydrogen) atoms. The van der Waals surface area contributed by atoms with Crippen molar-refractivity contribution >= 4 is 68.6 Å². The zero-order chi connectivity index (χ0) is 45.9. The summed E-state index contributed by atoms with van der Waals surface area (Å²) < 4.78 is 0. The molecule has 0 bridgehead atoms. The number of hydrogen-bond acceptors (Lipinski definition) is 3. The summed E-state index contributed by atoms with van der Waals surface area (Å²) >= 11 is 0. The van der Waals surface area contributed by atoms with Gasteiger partial charge in [-0.2, -0.15) is 0 Å². The predicted molar refractivity (Wildman–Crippen MR) is 283 cm³/mol. The Labute approximate surface area is 394 Å². The molecule has 1 fully saturated rings. The number of benzene rings is 7. The van der Waals surface area contributed by atoms with Crippen molar-refractivity contribution in [3.63, 3.8) is 0 Å². The Balaban J connectivity index is 1.18. The van der Waals surface area contributed by atoms with Crippen molar-refractivity contribution in [2.75, 3.05) is 14.7 Å². The minimum atomic E-state index is -0.130. The predicted octanol–water partition coefficient (Wildman–Crippen LogP) is 14.7. The highest BCUT2D eigenvalue weighted by Gasteiger charge is 2.58. The molecule has 3 heterocycles. The fourth-order valence-electron chi connectivity index (χ4n) is 13.4. The van der Waals surface area contributed by atoms with Crippen molar-refractivity contribution in [3.05, 3.63) is 173 Å². The summed E-state index contributed by atoms with van der Waals surface area (Å²) in [5.74, 6) is 0. The molecular formula is C62H64BN3. The largest absolute Gasteiger partial charge is 0.334 e. The number of rotatable bonds is 3. The Morgan fingerprint density at radius 2 is 1.09 bits per heavy atom. The summed E-state index contributed by atoms with van der Waals surface area (Å²) in [5, 5.41) is 0. The molecule has 0 spiro atoms. The SMILES string of the molecule is Cc1cc2c3c(c1)N(c1cccc4c1-c1ccccc1C4(C)C)c1cc(N4c5ccccc5C5(C)CCCCC45C)ccc1B3c1ccc(C(C)(C)C)cc1N2c1cccc(C(C)(C)C)c1. The monoisotopic (exact) mass is 862 g/mol. The lowest BCUT2D eigenvalue weighted by molar-refractivity contribution is 0.195. The van der Waals surface area contributed by atoms with E-state index in [1.165, 1.54) is 132 Å². The molecule has 0 N–H and O–H groups in total. The van der Waals surface area contributed by atoms with Gasteiger partial charge in [0, 0.05) is 56.2 Å². The highest BCUT2D eigenvalue weighted by atomic mass is 15.3. The van der Waals surface area contributed by atoms with Crippen LogP contribution in [0.2, 0.25) is 0 Å². The first-order valence-electron chi connectivity index (χ1n) is 24.7. The summed E-state index contributed by atoms with van der Waals surface area (Å²) in [5.41, 5.74) is 25.1. The summed E-state index contributed by atoms with van der Waals surface area (Å²) in [7, 11) is 0. The van der Waals surface area contributed by atoms with E-state index in [1.54, 1.807) is 0 Å². The average molecular weight is 862 g/mol. The van der Waals surface area contributed by atoms with Gasteiger partial charge in [-0.05, 0) is 147 Å². The molecule has 3 aliphatic heterocycles. The third-order valence-corrected chi connectivity index (χ3v) is 17.1. The van der Waals surface area contributed by atoms with Crippen LogP contribution in [0.3, 0.4) is 0 Å². The van der Waals surface area contributed by atoms with E-state index in [4.69, 9.17) is 0 Å². The van der Waals surface area contributed by atoms with Gasteiger partial charge >= 0.3 is 0 Å². The van der Waals surface area contributed by atoms with Crippen molar-refractivity contribution in [2.45, 2.75) is 129 Å². The fraction of sp³-hybridized carbons (Fsp3) is 0.323. The third kappa shape index (κ3) is 5.57. The van der Waals surface area contributed by atoms with Crippen molar-refractivity contribution in [1.29, 1.82) is 0 Å². The van der Waals surface area contributed by atoms with Gasteiger partial charge in [0.1, 0.15) is 0 Å². The van der Waals surface area contributed by atoms with Gasteiger partial charge in [-0.25, -0.2) is 0 Å². The van der Waals surface area contributed by atoms with Crippen molar-refractivity contribution in [2.24, 2.45) is 0 Å². The lowest BCUT2D eigenvalue weighted by Gasteiger charge is -2.50. The van der Waals surface area contributed by atoms with Crippen LogP contribution in [0.1, 0.15) is 128 Å². The third-order valence-electron chi connectivity index (χ3n) is 17.1. The summed E-state index contributed by atoms with van der Waals surface area (Å²) in [6.07, 6.45) is 4.90. The topological polar surface area (TPSA) is 9.72 Å². The highest BCUT2D eigenvalue weighted by Crippen LogP contribution is 2.62. The van der Waals surface area contributed by atoms with Crippen LogP contribution in [0, 0.1) is 6.92 Å². The van der Waals surface area contributed by atoms with E-state index in [0.717, 1.165) is 0 Å². The van der Waals surface area contributed by atoms with Gasteiger partial charge in [0.2, 0.25) is 0 Å². The molecule has 2 aliphatic carbocycles. The lowest BCUT2D eigenvalue weighted by atomic mass is 9.33. The van der Waals surface area contributed by atoms with Crippen LogP contribution >= 0.6 is 0 Å². The maximum absolute atomic E-state index is 2.76. The lowest BCUT2D eigenvalue weighted by Crippen LogP contribution is -2.61. The molecule has 0 amide bonds. The van der Waals surface area contributed by atoms with Gasteiger partial charge in [0.15, 0.2) is 0 Å². The van der Waals surface area contributed by atoms with E-state index < -0.39 is 0 Å². The number of para-hydroxylation sites is 1. The smallest absolute Gasteiger partial charge is 0.252 e. The molecule has 3 nitrogen and oxygen atoms in total. The van der Waals surface area contributed by atoms with Crippen LogP contribution < -0.4 is 31.1 Å². The Hall–Kier alpha value is -6.00. The number of fused-ring (bicyclic) bond motifs is 10. The first kappa shape index (κ1) is 41.4. The molecule has 1 saturated carbocycles. The van der Waals surface area contributed by atoms with Crippen LogP contribution in [-0.4, -0.2) is 12.3 Å². The van der Waals surface area contributed by atoms with Gasteiger partial charge in [-0.3, -0.25) is 0 Å². The first-order valence-corrected chi connectivity index (χ1v) is 24.7. The molecule has 4 heteroatoms. The van der Waals surface area contributed by atoms with E-state index in [1.807, 2.05) is 0 Å². The normalized spacial score (nSPS) is 20.8.